The van der Waals surface area contributed by atoms with Crippen molar-refractivity contribution < 1.29 is 9.53 Å². The summed E-state index contributed by atoms with van der Waals surface area (Å²) in [6.07, 6.45) is 0. The number of thiocarbonyl (C=S) groups is 1. The predicted octanol–water partition coefficient (Wildman–Crippen LogP) is 4.76. The number of nitrogens with one attached hydrogen (secondary N) is 3. The molecule has 7 heteroatoms. The summed E-state index contributed by atoms with van der Waals surface area (Å²) in [5.74, 6) is 1.05. The van der Waals surface area contributed by atoms with Crippen LogP contribution in [0.1, 0.15) is 10.4 Å². The molecule has 0 spiro atoms. The van der Waals surface area contributed by atoms with Crippen LogP contribution in [0, 0.1) is 0 Å². The highest BCUT2D eigenvalue weighted by molar-refractivity contribution is 7.80. The average Bonchev–Trinajstić information content (AvgIpc) is 2.67. The zero-order valence-corrected chi connectivity index (χ0v) is 15.7. The lowest BCUT2D eigenvalue weighted by Gasteiger charge is -2.12. The molecule has 3 N–H and O–H groups in total. The van der Waals surface area contributed by atoms with Crippen molar-refractivity contribution in [2.75, 3.05) is 5.32 Å². The summed E-state index contributed by atoms with van der Waals surface area (Å²) in [6.45, 7) is 0. The first-order valence-corrected chi connectivity index (χ1v) is 8.85. The van der Waals surface area contributed by atoms with Gasteiger partial charge in [-0.05, 0) is 66.8 Å². The smallest absolute Gasteiger partial charge is 0.269 e. The van der Waals surface area contributed by atoms with E-state index in [9.17, 15) is 4.79 Å². The Kier molecular flexibility index (Phi) is 6.25. The first-order chi connectivity index (χ1) is 13.1. The van der Waals surface area contributed by atoms with Gasteiger partial charge in [0.05, 0.1) is 0 Å². The van der Waals surface area contributed by atoms with Crippen LogP contribution < -0.4 is 20.9 Å². The molecule has 0 aromatic heterocycles. The van der Waals surface area contributed by atoms with Crippen molar-refractivity contribution in [1.82, 2.24) is 10.9 Å². The Labute approximate surface area is 167 Å². The second kappa shape index (κ2) is 9.02. The van der Waals surface area contributed by atoms with Crippen LogP contribution in [0.15, 0.2) is 78.9 Å². The molecule has 0 unspecified atom stereocenters. The van der Waals surface area contributed by atoms with Crippen LogP contribution in [0.25, 0.3) is 0 Å². The fourth-order valence-electron chi connectivity index (χ4n) is 2.21. The van der Waals surface area contributed by atoms with Crippen LogP contribution in [0.5, 0.6) is 11.5 Å². The molecule has 0 saturated heterocycles. The number of amides is 1. The Balaban J connectivity index is 1.51. The van der Waals surface area contributed by atoms with Crippen molar-refractivity contribution in [1.29, 1.82) is 0 Å². The third-order valence-electron chi connectivity index (χ3n) is 3.47. The van der Waals surface area contributed by atoms with E-state index in [-0.39, 0.29) is 11.0 Å². The molecule has 1 amide bonds. The third kappa shape index (κ3) is 5.70. The third-order valence-corrected chi connectivity index (χ3v) is 3.91. The number of anilines is 1. The molecule has 3 rings (SSSR count). The maximum atomic E-state index is 12.2. The topological polar surface area (TPSA) is 62.4 Å². The fraction of sp³-hybridized carbons (Fsp3) is 0. The number of hydrogen-bond donors (Lipinski definition) is 3. The molecule has 0 bridgehead atoms. The molecule has 3 aromatic rings. The first-order valence-electron chi connectivity index (χ1n) is 8.06. The lowest BCUT2D eigenvalue weighted by molar-refractivity contribution is 0.0944. The summed E-state index contributed by atoms with van der Waals surface area (Å²) in [4.78, 5) is 12.2. The molecule has 0 radical (unpaired) electrons. The van der Waals surface area contributed by atoms with E-state index < -0.39 is 0 Å². The molecule has 5 nitrogen and oxygen atoms in total. The molecule has 3 aromatic carbocycles. The minimum absolute atomic E-state index is 0.245. The average molecular weight is 398 g/mol. The summed E-state index contributed by atoms with van der Waals surface area (Å²) < 4.78 is 5.70. The fourth-order valence-corrected chi connectivity index (χ4v) is 2.57. The van der Waals surface area contributed by atoms with Crippen LogP contribution in [0.4, 0.5) is 5.69 Å². The van der Waals surface area contributed by atoms with Crippen molar-refractivity contribution in [2.24, 2.45) is 0 Å². The van der Waals surface area contributed by atoms with Crippen molar-refractivity contribution in [3.05, 3.63) is 89.4 Å². The normalized spacial score (nSPS) is 9.96. The molecule has 0 aliphatic rings. The maximum absolute atomic E-state index is 12.2. The van der Waals surface area contributed by atoms with Gasteiger partial charge in [0.1, 0.15) is 11.5 Å². The molecule has 0 fully saturated rings. The molecule has 0 aliphatic heterocycles. The van der Waals surface area contributed by atoms with Gasteiger partial charge in [0.15, 0.2) is 5.11 Å². The lowest BCUT2D eigenvalue weighted by Crippen LogP contribution is -2.43. The molecule has 0 heterocycles. The number of hydrazine groups is 1. The summed E-state index contributed by atoms with van der Waals surface area (Å²) in [7, 11) is 0. The Morgan fingerprint density at radius 1 is 0.852 bits per heavy atom. The van der Waals surface area contributed by atoms with E-state index in [0.29, 0.717) is 16.3 Å². The molecule has 27 heavy (non-hydrogen) atoms. The second-order valence-corrected chi connectivity index (χ2v) is 6.33. The highest BCUT2D eigenvalue weighted by atomic mass is 35.5. The van der Waals surface area contributed by atoms with Crippen LogP contribution in [-0.2, 0) is 0 Å². The van der Waals surface area contributed by atoms with Gasteiger partial charge in [-0.15, -0.1) is 0 Å². The molecule has 0 atom stereocenters. The molecule has 136 valence electrons. The van der Waals surface area contributed by atoms with E-state index in [0.717, 1.165) is 11.4 Å². The van der Waals surface area contributed by atoms with Crippen molar-refractivity contribution in [3.8, 4) is 11.5 Å². The number of hydrogen-bond acceptors (Lipinski definition) is 3. The van der Waals surface area contributed by atoms with Crippen LogP contribution in [-0.4, -0.2) is 11.0 Å². The summed E-state index contributed by atoms with van der Waals surface area (Å²) in [5, 5.41) is 3.76. The minimum atomic E-state index is -0.323. The van der Waals surface area contributed by atoms with Gasteiger partial charge in [-0.1, -0.05) is 35.9 Å². The maximum Gasteiger partial charge on any atom is 0.269 e. The largest absolute Gasteiger partial charge is 0.457 e. The van der Waals surface area contributed by atoms with Gasteiger partial charge in [0.2, 0.25) is 0 Å². The molecule has 0 saturated carbocycles. The SMILES string of the molecule is O=C(NNC(=S)Nc1cccc(Cl)c1)c1ccc(Oc2ccccc2)cc1. The van der Waals surface area contributed by atoms with Gasteiger partial charge in [-0.3, -0.25) is 15.6 Å². The lowest BCUT2D eigenvalue weighted by atomic mass is 10.2. The minimum Gasteiger partial charge on any atom is -0.457 e. The summed E-state index contributed by atoms with van der Waals surface area (Å²) in [6, 6.07) is 23.3. The molecular weight excluding hydrogens is 382 g/mol. The predicted molar refractivity (Wildman–Crippen MR) is 111 cm³/mol. The summed E-state index contributed by atoms with van der Waals surface area (Å²) in [5.41, 5.74) is 6.37. The van der Waals surface area contributed by atoms with E-state index >= 15 is 0 Å². The number of halogens is 1. The van der Waals surface area contributed by atoms with Crippen LogP contribution in [0.3, 0.4) is 0 Å². The standard InChI is InChI=1S/C20H16ClN3O2S/c21-15-5-4-6-16(13-15)22-20(27)24-23-19(25)14-9-11-18(12-10-14)26-17-7-2-1-3-8-17/h1-13H,(H,23,25)(H2,22,24,27). The quantitative estimate of drug-likeness (QED) is 0.437. The number of para-hydroxylation sites is 1. The Morgan fingerprint density at radius 3 is 2.26 bits per heavy atom. The Bertz CT molecular complexity index is 933. The van der Waals surface area contributed by atoms with Crippen LogP contribution >= 0.6 is 23.8 Å². The van der Waals surface area contributed by atoms with Crippen molar-refractivity contribution in [2.45, 2.75) is 0 Å². The number of rotatable bonds is 4. The zero-order valence-electron chi connectivity index (χ0n) is 14.1. The van der Waals surface area contributed by atoms with Gasteiger partial charge >= 0.3 is 0 Å². The van der Waals surface area contributed by atoms with Gasteiger partial charge in [-0.25, -0.2) is 0 Å². The Hall–Kier alpha value is -3.09. The molecular formula is C20H16ClN3O2S. The van der Waals surface area contributed by atoms with E-state index in [1.807, 2.05) is 36.4 Å². The highest BCUT2D eigenvalue weighted by Crippen LogP contribution is 2.21. The Morgan fingerprint density at radius 2 is 1.56 bits per heavy atom. The number of ether oxygens (including phenoxy) is 1. The van der Waals surface area contributed by atoms with Crippen molar-refractivity contribution in [3.63, 3.8) is 0 Å². The van der Waals surface area contributed by atoms with Gasteiger partial charge < -0.3 is 10.1 Å². The van der Waals surface area contributed by atoms with Gasteiger partial charge in [0, 0.05) is 16.3 Å². The number of carbonyl (C=O) groups is 1. The van der Waals surface area contributed by atoms with E-state index in [4.69, 9.17) is 28.6 Å². The monoisotopic (exact) mass is 397 g/mol. The van der Waals surface area contributed by atoms with E-state index in [2.05, 4.69) is 16.2 Å². The second-order valence-electron chi connectivity index (χ2n) is 5.48. The zero-order chi connectivity index (χ0) is 19.1. The first kappa shape index (κ1) is 18.7. The van der Waals surface area contributed by atoms with Gasteiger partial charge in [-0.2, -0.15) is 0 Å². The number of carbonyl (C=O) groups excluding carboxylic acids is 1. The molecule has 0 aliphatic carbocycles. The van der Waals surface area contributed by atoms with Gasteiger partial charge in [0.25, 0.3) is 5.91 Å². The number of benzene rings is 3. The summed E-state index contributed by atoms with van der Waals surface area (Å²) >= 11 is 11.1. The van der Waals surface area contributed by atoms with Crippen molar-refractivity contribution >= 4 is 40.5 Å². The van der Waals surface area contributed by atoms with Crippen LogP contribution in [0.2, 0.25) is 5.02 Å². The van der Waals surface area contributed by atoms with E-state index in [1.54, 1.807) is 42.5 Å². The van der Waals surface area contributed by atoms with E-state index in [1.165, 1.54) is 0 Å². The highest BCUT2D eigenvalue weighted by Gasteiger charge is 2.07.